The van der Waals surface area contributed by atoms with Crippen LogP contribution in [0.4, 0.5) is 0 Å². The fourth-order valence-electron chi connectivity index (χ4n) is 2.61. The van der Waals surface area contributed by atoms with Gasteiger partial charge in [0.1, 0.15) is 11.7 Å². The number of amides is 1. The number of piperidine rings is 1. The van der Waals surface area contributed by atoms with Crippen molar-refractivity contribution in [3.8, 4) is 5.88 Å². The molecule has 1 aromatic rings. The van der Waals surface area contributed by atoms with E-state index in [1.54, 1.807) is 18.2 Å². The average molecular weight is 306 g/mol. The van der Waals surface area contributed by atoms with E-state index in [-0.39, 0.29) is 17.7 Å². The van der Waals surface area contributed by atoms with E-state index < -0.39 is 12.0 Å². The summed E-state index contributed by atoms with van der Waals surface area (Å²) in [5.74, 6) is -0.644. The summed E-state index contributed by atoms with van der Waals surface area (Å²) in [7, 11) is 0. The Hall–Kier alpha value is -2.11. The third-order valence-electron chi connectivity index (χ3n) is 3.71. The molecule has 1 N–H and O–H groups in total. The summed E-state index contributed by atoms with van der Waals surface area (Å²) in [5.41, 5.74) is 0.221. The van der Waals surface area contributed by atoms with Crippen molar-refractivity contribution < 1.29 is 19.4 Å². The van der Waals surface area contributed by atoms with Crippen LogP contribution < -0.4 is 4.74 Å². The second-order valence-corrected chi connectivity index (χ2v) is 6.01. The summed E-state index contributed by atoms with van der Waals surface area (Å²) in [6.07, 6.45) is 1.24. The van der Waals surface area contributed by atoms with Gasteiger partial charge in [-0.05, 0) is 38.7 Å². The lowest BCUT2D eigenvalue weighted by Crippen LogP contribution is -2.50. The molecule has 0 saturated carbocycles. The van der Waals surface area contributed by atoms with Gasteiger partial charge in [0.05, 0.1) is 6.10 Å². The van der Waals surface area contributed by atoms with E-state index in [4.69, 9.17) is 4.74 Å². The predicted octanol–water partition coefficient (Wildman–Crippen LogP) is 2.19. The van der Waals surface area contributed by atoms with Crippen molar-refractivity contribution in [1.29, 1.82) is 0 Å². The Labute approximate surface area is 130 Å². The highest BCUT2D eigenvalue weighted by molar-refractivity contribution is 5.95. The minimum absolute atomic E-state index is 0.0412. The first-order valence-corrected chi connectivity index (χ1v) is 7.56. The van der Waals surface area contributed by atoms with Crippen LogP contribution in [0.15, 0.2) is 18.2 Å². The maximum Gasteiger partial charge on any atom is 0.326 e. The topological polar surface area (TPSA) is 79.7 Å². The van der Waals surface area contributed by atoms with Gasteiger partial charge >= 0.3 is 5.97 Å². The molecule has 0 bridgehead atoms. The fourth-order valence-corrected chi connectivity index (χ4v) is 2.61. The minimum atomic E-state index is -0.963. The normalized spacial score (nSPS) is 21.7. The molecule has 2 unspecified atom stereocenters. The first-order chi connectivity index (χ1) is 10.4. The third-order valence-corrected chi connectivity index (χ3v) is 3.71. The summed E-state index contributed by atoms with van der Waals surface area (Å²) >= 11 is 0. The molecule has 2 atom stereocenters. The van der Waals surface area contributed by atoms with Gasteiger partial charge in [0.25, 0.3) is 5.91 Å². The van der Waals surface area contributed by atoms with Gasteiger partial charge < -0.3 is 14.7 Å². The summed E-state index contributed by atoms with van der Waals surface area (Å²) in [5, 5.41) is 9.36. The number of carbonyl (C=O) groups is 2. The number of aliphatic carboxylic acids is 1. The Morgan fingerprint density at radius 2 is 2.14 bits per heavy atom. The molecule has 1 saturated heterocycles. The molecular weight excluding hydrogens is 284 g/mol. The van der Waals surface area contributed by atoms with Gasteiger partial charge in [-0.15, -0.1) is 0 Å². The van der Waals surface area contributed by atoms with Crippen LogP contribution in [0.25, 0.3) is 0 Å². The molecule has 6 heteroatoms. The van der Waals surface area contributed by atoms with Crippen molar-refractivity contribution in [2.45, 2.75) is 45.8 Å². The Morgan fingerprint density at radius 3 is 2.77 bits per heavy atom. The zero-order valence-corrected chi connectivity index (χ0v) is 13.2. The quantitative estimate of drug-likeness (QED) is 0.922. The molecule has 120 valence electrons. The number of hydrogen-bond acceptors (Lipinski definition) is 4. The molecule has 1 fully saturated rings. The Morgan fingerprint density at radius 1 is 1.41 bits per heavy atom. The first-order valence-electron chi connectivity index (χ1n) is 7.56. The van der Waals surface area contributed by atoms with Crippen LogP contribution in [0.5, 0.6) is 5.88 Å². The van der Waals surface area contributed by atoms with Crippen LogP contribution in [-0.4, -0.2) is 45.6 Å². The van der Waals surface area contributed by atoms with Crippen molar-refractivity contribution in [1.82, 2.24) is 9.88 Å². The van der Waals surface area contributed by atoms with Crippen LogP contribution in [0.2, 0.25) is 0 Å². The number of carbonyl (C=O) groups excluding carboxylic acids is 1. The molecule has 1 aliphatic heterocycles. The molecule has 2 rings (SSSR count). The van der Waals surface area contributed by atoms with Gasteiger partial charge in [0.2, 0.25) is 5.88 Å². The lowest BCUT2D eigenvalue weighted by molar-refractivity contribution is -0.144. The van der Waals surface area contributed by atoms with E-state index in [2.05, 4.69) is 4.98 Å². The Bertz CT molecular complexity index is 559. The zero-order chi connectivity index (χ0) is 16.3. The molecule has 1 aromatic heterocycles. The number of pyridine rings is 1. The van der Waals surface area contributed by atoms with Gasteiger partial charge in [0, 0.05) is 12.6 Å². The van der Waals surface area contributed by atoms with Crippen molar-refractivity contribution in [2.75, 3.05) is 6.54 Å². The van der Waals surface area contributed by atoms with Crippen molar-refractivity contribution in [3.63, 3.8) is 0 Å². The summed E-state index contributed by atoms with van der Waals surface area (Å²) < 4.78 is 5.49. The molecule has 0 aromatic carbocycles. The lowest BCUT2D eigenvalue weighted by atomic mass is 9.92. The van der Waals surface area contributed by atoms with Crippen LogP contribution in [0, 0.1) is 5.92 Å². The van der Waals surface area contributed by atoms with Crippen molar-refractivity contribution >= 4 is 11.9 Å². The van der Waals surface area contributed by atoms with E-state index >= 15 is 0 Å². The minimum Gasteiger partial charge on any atom is -0.480 e. The smallest absolute Gasteiger partial charge is 0.326 e. The average Bonchev–Trinajstić information content (AvgIpc) is 2.46. The SMILES string of the molecule is CC1CCN(C(=O)c2cccc(OC(C)C)n2)C(C(=O)O)C1. The molecular formula is C16H22N2O4. The number of likely N-dealkylation sites (tertiary alicyclic amines) is 1. The zero-order valence-electron chi connectivity index (χ0n) is 13.2. The second-order valence-electron chi connectivity index (χ2n) is 6.01. The second kappa shape index (κ2) is 6.77. The first kappa shape index (κ1) is 16.3. The summed E-state index contributed by atoms with van der Waals surface area (Å²) in [4.78, 5) is 29.6. The maximum absolute atomic E-state index is 12.6. The van der Waals surface area contributed by atoms with Gasteiger partial charge in [0.15, 0.2) is 0 Å². The largest absolute Gasteiger partial charge is 0.480 e. The molecule has 0 aliphatic carbocycles. The molecule has 6 nitrogen and oxygen atoms in total. The maximum atomic E-state index is 12.6. The van der Waals surface area contributed by atoms with Gasteiger partial charge in [-0.2, -0.15) is 0 Å². The van der Waals surface area contributed by atoms with Crippen LogP contribution >= 0.6 is 0 Å². The predicted molar refractivity (Wildman–Crippen MR) is 80.9 cm³/mol. The van der Waals surface area contributed by atoms with E-state index in [1.165, 1.54) is 4.90 Å². The van der Waals surface area contributed by atoms with Crippen LogP contribution in [0.3, 0.4) is 0 Å². The Kier molecular flexibility index (Phi) is 5.00. The molecule has 22 heavy (non-hydrogen) atoms. The summed E-state index contributed by atoms with van der Waals surface area (Å²) in [6.45, 7) is 6.20. The number of rotatable bonds is 4. The highest BCUT2D eigenvalue weighted by Crippen LogP contribution is 2.24. The van der Waals surface area contributed by atoms with E-state index in [1.807, 2.05) is 20.8 Å². The number of carboxylic acids is 1. The highest BCUT2D eigenvalue weighted by Gasteiger charge is 2.35. The number of ether oxygens (including phenoxy) is 1. The Balaban J connectivity index is 2.21. The van der Waals surface area contributed by atoms with Crippen LogP contribution in [0.1, 0.15) is 44.1 Å². The van der Waals surface area contributed by atoms with Gasteiger partial charge in [-0.1, -0.05) is 13.0 Å². The van der Waals surface area contributed by atoms with E-state index in [0.717, 1.165) is 6.42 Å². The molecule has 0 spiro atoms. The number of carboxylic acid groups (broad SMARTS) is 1. The monoisotopic (exact) mass is 306 g/mol. The molecule has 1 aliphatic rings. The van der Waals surface area contributed by atoms with Gasteiger partial charge in [-0.25, -0.2) is 9.78 Å². The highest BCUT2D eigenvalue weighted by atomic mass is 16.5. The van der Waals surface area contributed by atoms with E-state index in [0.29, 0.717) is 24.8 Å². The fraction of sp³-hybridized carbons (Fsp3) is 0.562. The lowest BCUT2D eigenvalue weighted by Gasteiger charge is -2.35. The van der Waals surface area contributed by atoms with Crippen LogP contribution in [-0.2, 0) is 4.79 Å². The van der Waals surface area contributed by atoms with E-state index in [9.17, 15) is 14.7 Å². The molecule has 1 amide bonds. The van der Waals surface area contributed by atoms with Crippen molar-refractivity contribution in [3.05, 3.63) is 23.9 Å². The van der Waals surface area contributed by atoms with Crippen molar-refractivity contribution in [2.24, 2.45) is 5.92 Å². The summed E-state index contributed by atoms with van der Waals surface area (Å²) in [6, 6.07) is 4.18. The standard InChI is InChI=1S/C16H22N2O4/c1-10(2)22-14-6-4-5-12(17-14)15(19)18-8-7-11(3)9-13(18)16(20)21/h4-6,10-11,13H,7-9H2,1-3H3,(H,20,21). The number of aromatic nitrogens is 1. The number of hydrogen-bond donors (Lipinski definition) is 1. The molecule has 0 radical (unpaired) electrons. The molecule has 2 heterocycles. The third kappa shape index (κ3) is 3.75. The number of nitrogens with zero attached hydrogens (tertiary/aromatic N) is 2. The van der Waals surface area contributed by atoms with Gasteiger partial charge in [-0.3, -0.25) is 4.79 Å².